The third kappa shape index (κ3) is 4.99. The molecule has 0 aromatic heterocycles. The third-order valence-corrected chi connectivity index (χ3v) is 3.96. The van der Waals surface area contributed by atoms with Crippen molar-refractivity contribution < 1.29 is 4.74 Å². The zero-order valence-corrected chi connectivity index (χ0v) is 13.2. The van der Waals surface area contributed by atoms with E-state index in [2.05, 4.69) is 47.2 Å². The number of halogens is 1. The van der Waals surface area contributed by atoms with Crippen LogP contribution in [0, 0.1) is 0 Å². The van der Waals surface area contributed by atoms with Crippen LogP contribution in [0.4, 0.5) is 0 Å². The predicted molar refractivity (Wildman–Crippen MR) is 81.4 cm³/mol. The Morgan fingerprint density at radius 3 is 2.72 bits per heavy atom. The molecule has 0 heterocycles. The van der Waals surface area contributed by atoms with E-state index in [1.807, 2.05) is 6.07 Å². The Labute approximate surface area is 119 Å². The first-order valence-corrected chi connectivity index (χ1v) is 7.56. The molecule has 0 radical (unpaired) electrons. The Kier molecular flexibility index (Phi) is 7.36. The molecule has 18 heavy (non-hydrogen) atoms. The second-order valence-corrected chi connectivity index (χ2v) is 5.41. The summed E-state index contributed by atoms with van der Waals surface area (Å²) in [6, 6.07) is 6.79. The summed E-state index contributed by atoms with van der Waals surface area (Å²) >= 11 is 3.61. The molecule has 102 valence electrons. The van der Waals surface area contributed by atoms with Gasteiger partial charge in [0.15, 0.2) is 0 Å². The maximum absolute atomic E-state index is 5.27. The summed E-state index contributed by atoms with van der Waals surface area (Å²) in [5.74, 6) is 0.933. The molecule has 0 bridgehead atoms. The largest absolute Gasteiger partial charge is 0.497 e. The van der Waals surface area contributed by atoms with E-state index in [9.17, 15) is 0 Å². The molecule has 0 aliphatic heterocycles. The van der Waals surface area contributed by atoms with E-state index >= 15 is 0 Å². The molecule has 1 aromatic carbocycles. The molecule has 1 unspecified atom stereocenters. The SMILES string of the molecule is CCCNC(CC)CCc1cc(OC)ccc1Br. The van der Waals surface area contributed by atoms with Gasteiger partial charge in [0.05, 0.1) is 7.11 Å². The molecule has 1 atom stereocenters. The van der Waals surface area contributed by atoms with Crippen molar-refractivity contribution in [3.63, 3.8) is 0 Å². The minimum atomic E-state index is 0.614. The van der Waals surface area contributed by atoms with Crippen molar-refractivity contribution in [3.05, 3.63) is 28.2 Å². The van der Waals surface area contributed by atoms with Crippen LogP contribution in [-0.4, -0.2) is 19.7 Å². The molecule has 1 rings (SSSR count). The van der Waals surface area contributed by atoms with E-state index < -0.39 is 0 Å². The number of aryl methyl sites for hydroxylation is 1. The van der Waals surface area contributed by atoms with E-state index in [0.29, 0.717) is 6.04 Å². The fraction of sp³-hybridized carbons (Fsp3) is 0.600. The van der Waals surface area contributed by atoms with Gasteiger partial charge in [0.1, 0.15) is 5.75 Å². The van der Waals surface area contributed by atoms with Crippen molar-refractivity contribution in [2.45, 2.75) is 45.6 Å². The molecule has 1 aromatic rings. The number of hydrogen-bond donors (Lipinski definition) is 1. The first-order valence-electron chi connectivity index (χ1n) is 6.77. The van der Waals surface area contributed by atoms with Crippen LogP contribution < -0.4 is 10.1 Å². The van der Waals surface area contributed by atoms with Gasteiger partial charge in [0.25, 0.3) is 0 Å². The van der Waals surface area contributed by atoms with Gasteiger partial charge in [0, 0.05) is 10.5 Å². The maximum atomic E-state index is 5.27. The Hall–Kier alpha value is -0.540. The van der Waals surface area contributed by atoms with Gasteiger partial charge < -0.3 is 10.1 Å². The van der Waals surface area contributed by atoms with E-state index in [1.54, 1.807) is 7.11 Å². The predicted octanol–water partition coefficient (Wildman–Crippen LogP) is 4.17. The lowest BCUT2D eigenvalue weighted by atomic mass is 10.0. The molecular formula is C15H24BrNO. The van der Waals surface area contributed by atoms with Crippen molar-refractivity contribution in [1.29, 1.82) is 0 Å². The van der Waals surface area contributed by atoms with Crippen molar-refractivity contribution in [3.8, 4) is 5.75 Å². The number of methoxy groups -OCH3 is 1. The van der Waals surface area contributed by atoms with Gasteiger partial charge >= 0.3 is 0 Å². The van der Waals surface area contributed by atoms with Crippen molar-refractivity contribution in [2.75, 3.05) is 13.7 Å². The van der Waals surface area contributed by atoms with E-state index in [-0.39, 0.29) is 0 Å². The minimum absolute atomic E-state index is 0.614. The standard InChI is InChI=1S/C15H24BrNO/c1-4-10-17-13(5-2)7-6-12-11-14(18-3)8-9-15(12)16/h8-9,11,13,17H,4-7,10H2,1-3H3. The van der Waals surface area contributed by atoms with Gasteiger partial charge in [-0.3, -0.25) is 0 Å². The van der Waals surface area contributed by atoms with Crippen LogP contribution in [0.2, 0.25) is 0 Å². The molecule has 0 aliphatic carbocycles. The molecule has 0 fully saturated rings. The number of hydrogen-bond acceptors (Lipinski definition) is 2. The number of benzene rings is 1. The van der Waals surface area contributed by atoms with E-state index in [0.717, 1.165) is 18.7 Å². The summed E-state index contributed by atoms with van der Waals surface area (Å²) in [5.41, 5.74) is 1.33. The summed E-state index contributed by atoms with van der Waals surface area (Å²) in [7, 11) is 1.71. The molecule has 2 nitrogen and oxygen atoms in total. The fourth-order valence-corrected chi connectivity index (χ4v) is 2.44. The van der Waals surface area contributed by atoms with Gasteiger partial charge in [-0.25, -0.2) is 0 Å². The molecule has 0 saturated heterocycles. The first kappa shape index (κ1) is 15.5. The topological polar surface area (TPSA) is 21.3 Å². The van der Waals surface area contributed by atoms with Crippen LogP contribution in [0.3, 0.4) is 0 Å². The highest BCUT2D eigenvalue weighted by Crippen LogP contribution is 2.24. The summed E-state index contributed by atoms with van der Waals surface area (Å²) in [6.07, 6.45) is 4.62. The number of ether oxygens (including phenoxy) is 1. The van der Waals surface area contributed by atoms with Crippen molar-refractivity contribution in [1.82, 2.24) is 5.32 Å². The summed E-state index contributed by atoms with van der Waals surface area (Å²) in [5, 5.41) is 3.59. The minimum Gasteiger partial charge on any atom is -0.497 e. The highest BCUT2D eigenvalue weighted by atomic mass is 79.9. The molecule has 3 heteroatoms. The zero-order chi connectivity index (χ0) is 13.4. The molecule has 0 aliphatic rings. The first-order chi connectivity index (χ1) is 8.71. The van der Waals surface area contributed by atoms with Crippen LogP contribution in [0.1, 0.15) is 38.7 Å². The lowest BCUT2D eigenvalue weighted by Crippen LogP contribution is -2.29. The molecule has 0 amide bonds. The Balaban J connectivity index is 2.55. The molecule has 0 saturated carbocycles. The highest BCUT2D eigenvalue weighted by molar-refractivity contribution is 9.10. The summed E-state index contributed by atoms with van der Waals surface area (Å²) < 4.78 is 6.45. The Morgan fingerprint density at radius 1 is 1.33 bits per heavy atom. The fourth-order valence-electron chi connectivity index (χ4n) is 2.00. The van der Waals surface area contributed by atoms with E-state index in [1.165, 1.54) is 29.3 Å². The average molecular weight is 314 g/mol. The Morgan fingerprint density at radius 2 is 2.11 bits per heavy atom. The smallest absolute Gasteiger partial charge is 0.119 e. The highest BCUT2D eigenvalue weighted by Gasteiger charge is 2.08. The molecular weight excluding hydrogens is 290 g/mol. The number of rotatable bonds is 8. The van der Waals surface area contributed by atoms with Crippen LogP contribution in [0.15, 0.2) is 22.7 Å². The van der Waals surface area contributed by atoms with Gasteiger partial charge in [-0.05, 0) is 56.0 Å². The lowest BCUT2D eigenvalue weighted by Gasteiger charge is -2.17. The number of nitrogens with one attached hydrogen (secondary N) is 1. The van der Waals surface area contributed by atoms with Gasteiger partial charge in [-0.15, -0.1) is 0 Å². The monoisotopic (exact) mass is 313 g/mol. The summed E-state index contributed by atoms with van der Waals surface area (Å²) in [6.45, 7) is 5.56. The second-order valence-electron chi connectivity index (χ2n) is 4.56. The third-order valence-electron chi connectivity index (χ3n) is 3.19. The van der Waals surface area contributed by atoms with Gasteiger partial charge in [0.2, 0.25) is 0 Å². The van der Waals surface area contributed by atoms with Crippen molar-refractivity contribution in [2.24, 2.45) is 0 Å². The summed E-state index contributed by atoms with van der Waals surface area (Å²) in [4.78, 5) is 0. The molecule has 1 N–H and O–H groups in total. The van der Waals surface area contributed by atoms with Crippen LogP contribution in [0.25, 0.3) is 0 Å². The van der Waals surface area contributed by atoms with Crippen LogP contribution in [-0.2, 0) is 6.42 Å². The van der Waals surface area contributed by atoms with Gasteiger partial charge in [-0.1, -0.05) is 29.8 Å². The van der Waals surface area contributed by atoms with Crippen LogP contribution in [0.5, 0.6) is 5.75 Å². The van der Waals surface area contributed by atoms with E-state index in [4.69, 9.17) is 4.74 Å². The second kappa shape index (κ2) is 8.54. The maximum Gasteiger partial charge on any atom is 0.119 e. The van der Waals surface area contributed by atoms with Crippen LogP contribution >= 0.6 is 15.9 Å². The van der Waals surface area contributed by atoms with Gasteiger partial charge in [-0.2, -0.15) is 0 Å². The normalized spacial score (nSPS) is 12.4. The molecule has 0 spiro atoms. The lowest BCUT2D eigenvalue weighted by molar-refractivity contribution is 0.413. The Bertz CT molecular complexity index is 354. The average Bonchev–Trinajstić information content (AvgIpc) is 2.40. The quantitative estimate of drug-likeness (QED) is 0.777. The zero-order valence-electron chi connectivity index (χ0n) is 11.6. The van der Waals surface area contributed by atoms with Crippen molar-refractivity contribution >= 4 is 15.9 Å².